The van der Waals surface area contributed by atoms with Gasteiger partial charge in [-0.2, -0.15) is 5.10 Å². The first-order chi connectivity index (χ1) is 16.1. The van der Waals surface area contributed by atoms with Gasteiger partial charge < -0.3 is 4.90 Å². The molecule has 4 aromatic rings. The van der Waals surface area contributed by atoms with E-state index in [1.54, 1.807) is 0 Å². The zero-order valence-corrected chi connectivity index (χ0v) is 18.8. The molecule has 3 heterocycles. The second-order valence-corrected chi connectivity index (χ2v) is 8.93. The van der Waals surface area contributed by atoms with Crippen LogP contribution in [-0.4, -0.2) is 43.6 Å². The highest BCUT2D eigenvalue weighted by Gasteiger charge is 2.37. The molecule has 164 valence electrons. The molecule has 2 aromatic carbocycles. The van der Waals surface area contributed by atoms with E-state index in [9.17, 15) is 4.79 Å². The Balaban J connectivity index is 1.38. The normalized spacial score (nSPS) is 16.9. The predicted octanol–water partition coefficient (Wildman–Crippen LogP) is 4.63. The Kier molecular flexibility index (Phi) is 4.61. The number of hydrogen-bond donors (Lipinski definition) is 0. The van der Waals surface area contributed by atoms with E-state index in [0.29, 0.717) is 13.1 Å². The van der Waals surface area contributed by atoms with Gasteiger partial charge in [0.25, 0.3) is 5.91 Å². The van der Waals surface area contributed by atoms with Crippen molar-refractivity contribution in [3.63, 3.8) is 0 Å². The lowest BCUT2D eigenvalue weighted by Crippen LogP contribution is -2.51. The number of aromatic nitrogens is 4. The SMILES string of the molecule is Cc1nc(C)n(C2CN(C(=O)c3c4c(nc5ccccc35)/C(=C\c3ccccc3)CC4)C2)n1. The molecule has 0 bridgehead atoms. The van der Waals surface area contributed by atoms with Gasteiger partial charge >= 0.3 is 0 Å². The van der Waals surface area contributed by atoms with Gasteiger partial charge in [-0.1, -0.05) is 48.5 Å². The number of para-hydroxylation sites is 1. The third-order valence-corrected chi connectivity index (χ3v) is 6.70. The maximum absolute atomic E-state index is 13.8. The van der Waals surface area contributed by atoms with Gasteiger partial charge in [0.05, 0.1) is 22.8 Å². The highest BCUT2D eigenvalue weighted by atomic mass is 16.2. The lowest BCUT2D eigenvalue weighted by molar-refractivity contribution is 0.0498. The molecule has 2 aliphatic rings. The molecular formula is C27H25N5O. The van der Waals surface area contributed by atoms with Crippen molar-refractivity contribution in [2.45, 2.75) is 32.7 Å². The summed E-state index contributed by atoms with van der Waals surface area (Å²) in [6, 6.07) is 18.5. The van der Waals surface area contributed by atoms with Gasteiger partial charge in [0, 0.05) is 18.5 Å². The van der Waals surface area contributed by atoms with E-state index in [-0.39, 0.29) is 11.9 Å². The average Bonchev–Trinajstić information content (AvgIpc) is 3.33. The molecule has 6 heteroatoms. The fourth-order valence-electron chi connectivity index (χ4n) is 5.09. The van der Waals surface area contributed by atoms with Crippen molar-refractivity contribution in [1.29, 1.82) is 0 Å². The van der Waals surface area contributed by atoms with Crippen LogP contribution in [0.2, 0.25) is 0 Å². The number of benzene rings is 2. The maximum Gasteiger partial charge on any atom is 0.255 e. The molecule has 1 aliphatic carbocycles. The number of rotatable bonds is 3. The molecule has 1 fully saturated rings. The molecule has 6 nitrogen and oxygen atoms in total. The first-order valence-corrected chi connectivity index (χ1v) is 11.4. The van der Waals surface area contributed by atoms with Gasteiger partial charge in [-0.25, -0.2) is 14.6 Å². The summed E-state index contributed by atoms with van der Waals surface area (Å²) in [5.41, 5.74) is 6.11. The van der Waals surface area contributed by atoms with Gasteiger partial charge in [0.1, 0.15) is 11.6 Å². The predicted molar refractivity (Wildman–Crippen MR) is 129 cm³/mol. The molecule has 0 saturated carbocycles. The van der Waals surface area contributed by atoms with Crippen molar-refractivity contribution in [1.82, 2.24) is 24.6 Å². The number of aryl methyl sites for hydroxylation is 2. The number of likely N-dealkylation sites (tertiary alicyclic amines) is 1. The number of hydrogen-bond acceptors (Lipinski definition) is 4. The van der Waals surface area contributed by atoms with E-state index in [4.69, 9.17) is 4.98 Å². The van der Waals surface area contributed by atoms with Crippen molar-refractivity contribution in [3.8, 4) is 0 Å². The van der Waals surface area contributed by atoms with Crippen LogP contribution in [0.15, 0.2) is 54.6 Å². The Labute approximate surface area is 192 Å². The summed E-state index contributed by atoms with van der Waals surface area (Å²) >= 11 is 0. The maximum atomic E-state index is 13.8. The fraction of sp³-hybridized carbons (Fsp3) is 0.259. The summed E-state index contributed by atoms with van der Waals surface area (Å²) in [7, 11) is 0. The molecule has 0 atom stereocenters. The monoisotopic (exact) mass is 435 g/mol. The Morgan fingerprint density at radius 3 is 2.48 bits per heavy atom. The van der Waals surface area contributed by atoms with Crippen LogP contribution in [0.25, 0.3) is 22.6 Å². The Morgan fingerprint density at radius 2 is 1.73 bits per heavy atom. The average molecular weight is 436 g/mol. The highest BCUT2D eigenvalue weighted by molar-refractivity contribution is 6.09. The van der Waals surface area contributed by atoms with E-state index in [1.165, 1.54) is 5.57 Å². The first-order valence-electron chi connectivity index (χ1n) is 11.4. The minimum atomic E-state index is 0.0940. The summed E-state index contributed by atoms with van der Waals surface area (Å²) < 4.78 is 1.95. The number of amides is 1. The van der Waals surface area contributed by atoms with Crippen LogP contribution in [0.3, 0.4) is 0 Å². The van der Waals surface area contributed by atoms with Crippen molar-refractivity contribution >= 4 is 28.5 Å². The van der Waals surface area contributed by atoms with Crippen LogP contribution in [0.5, 0.6) is 0 Å². The molecule has 6 rings (SSSR count). The van der Waals surface area contributed by atoms with E-state index >= 15 is 0 Å². The van der Waals surface area contributed by atoms with Crippen LogP contribution in [0.4, 0.5) is 0 Å². The first kappa shape index (κ1) is 19.9. The lowest BCUT2D eigenvalue weighted by atomic mass is 9.97. The van der Waals surface area contributed by atoms with Crippen molar-refractivity contribution in [2.24, 2.45) is 0 Å². The van der Waals surface area contributed by atoms with Crippen molar-refractivity contribution in [3.05, 3.63) is 88.6 Å². The van der Waals surface area contributed by atoms with Gasteiger partial charge in [-0.3, -0.25) is 4.79 Å². The van der Waals surface area contributed by atoms with Gasteiger partial charge in [-0.15, -0.1) is 0 Å². The number of carbonyl (C=O) groups is 1. The quantitative estimate of drug-likeness (QED) is 0.471. The molecule has 33 heavy (non-hydrogen) atoms. The summed E-state index contributed by atoms with van der Waals surface area (Å²) in [5.74, 6) is 1.76. The van der Waals surface area contributed by atoms with Gasteiger partial charge in [0.15, 0.2) is 0 Å². The van der Waals surface area contributed by atoms with Crippen molar-refractivity contribution in [2.75, 3.05) is 13.1 Å². The standard InChI is InChI=1S/C27H25N5O/c1-17-28-18(2)32(30-17)21-15-31(16-21)27(33)25-22-10-6-7-11-24(22)29-26-20(12-13-23(25)26)14-19-8-4-3-5-9-19/h3-11,14,21H,12-13,15-16H2,1-2H3/b20-14-. The fourth-order valence-corrected chi connectivity index (χ4v) is 5.09. The topological polar surface area (TPSA) is 63.9 Å². The van der Waals surface area contributed by atoms with E-state index < -0.39 is 0 Å². The Bertz CT molecular complexity index is 1410. The van der Waals surface area contributed by atoms with Crippen molar-refractivity contribution < 1.29 is 4.79 Å². The number of pyridine rings is 1. The third-order valence-electron chi connectivity index (χ3n) is 6.70. The van der Waals surface area contributed by atoms with Crippen LogP contribution < -0.4 is 0 Å². The summed E-state index contributed by atoms with van der Waals surface area (Å²) in [6.45, 7) is 5.17. The van der Waals surface area contributed by atoms with E-state index in [2.05, 4.69) is 28.3 Å². The zero-order chi connectivity index (χ0) is 22.5. The smallest absolute Gasteiger partial charge is 0.255 e. The number of nitrogens with zero attached hydrogens (tertiary/aromatic N) is 5. The van der Waals surface area contributed by atoms with Gasteiger partial charge in [-0.05, 0) is 55.5 Å². The minimum Gasteiger partial charge on any atom is -0.334 e. The van der Waals surface area contributed by atoms with Crippen LogP contribution in [-0.2, 0) is 6.42 Å². The molecule has 1 amide bonds. The van der Waals surface area contributed by atoms with Crippen LogP contribution in [0.1, 0.15) is 51.3 Å². The molecule has 2 aromatic heterocycles. The summed E-state index contributed by atoms with van der Waals surface area (Å²) in [6.07, 6.45) is 3.94. The minimum absolute atomic E-state index is 0.0940. The van der Waals surface area contributed by atoms with E-state index in [1.807, 2.05) is 65.9 Å². The lowest BCUT2D eigenvalue weighted by Gasteiger charge is -2.39. The highest BCUT2D eigenvalue weighted by Crippen LogP contribution is 2.39. The molecule has 0 spiro atoms. The number of allylic oxidation sites excluding steroid dienone is 1. The summed E-state index contributed by atoms with van der Waals surface area (Å²) in [5, 5.41) is 5.45. The number of fused-ring (bicyclic) bond motifs is 2. The zero-order valence-electron chi connectivity index (χ0n) is 18.8. The molecule has 0 N–H and O–H groups in total. The van der Waals surface area contributed by atoms with E-state index in [0.717, 1.165) is 57.8 Å². The van der Waals surface area contributed by atoms with Gasteiger partial charge in [0.2, 0.25) is 0 Å². The van der Waals surface area contributed by atoms with Crippen LogP contribution >= 0.6 is 0 Å². The Morgan fingerprint density at radius 1 is 0.970 bits per heavy atom. The molecule has 0 unspecified atom stereocenters. The third kappa shape index (κ3) is 3.33. The Hall–Kier alpha value is -3.80. The largest absolute Gasteiger partial charge is 0.334 e. The molecule has 1 aliphatic heterocycles. The summed E-state index contributed by atoms with van der Waals surface area (Å²) in [4.78, 5) is 25.1. The van der Waals surface area contributed by atoms with Crippen LogP contribution in [0, 0.1) is 13.8 Å². The number of carbonyl (C=O) groups excluding carboxylic acids is 1. The molecular weight excluding hydrogens is 410 g/mol. The molecule has 0 radical (unpaired) electrons. The molecule has 1 saturated heterocycles. The second-order valence-electron chi connectivity index (χ2n) is 8.93. The second kappa shape index (κ2) is 7.66.